The normalized spacial score (nSPS) is 12.9. The summed E-state index contributed by atoms with van der Waals surface area (Å²) in [5.41, 5.74) is 5.08. The van der Waals surface area contributed by atoms with Gasteiger partial charge in [-0.25, -0.2) is 4.79 Å². The number of hydrogen-bond acceptors (Lipinski definition) is 8. The van der Waals surface area contributed by atoms with Crippen LogP contribution in [0.1, 0.15) is 18.5 Å². The highest BCUT2D eigenvalue weighted by Gasteiger charge is 2.31. The Morgan fingerprint density at radius 2 is 2.05 bits per heavy atom. The second-order valence-corrected chi connectivity index (χ2v) is 4.17. The summed E-state index contributed by atoms with van der Waals surface area (Å²) in [7, 11) is 2.81. The molecule has 0 saturated heterocycles. The van der Waals surface area contributed by atoms with E-state index in [1.165, 1.54) is 27.3 Å². The third-order valence-electron chi connectivity index (χ3n) is 2.72. The third-order valence-corrected chi connectivity index (χ3v) is 2.72. The number of carbonyl (C=O) groups is 2. The van der Waals surface area contributed by atoms with Crippen molar-refractivity contribution in [2.75, 3.05) is 20.8 Å². The van der Waals surface area contributed by atoms with E-state index >= 15 is 0 Å². The topological polar surface area (TPSA) is 130 Å². The van der Waals surface area contributed by atoms with Crippen LogP contribution in [0.3, 0.4) is 0 Å². The molecule has 3 N–H and O–H groups in total. The number of aliphatic hydroxyl groups excluding tert-OH is 1. The Labute approximate surface area is 126 Å². The van der Waals surface area contributed by atoms with Crippen LogP contribution < -0.4 is 15.2 Å². The molecule has 0 fully saturated rings. The van der Waals surface area contributed by atoms with E-state index in [0.29, 0.717) is 5.75 Å². The minimum Gasteiger partial charge on any atom is -0.493 e. The highest BCUT2D eigenvalue weighted by Crippen LogP contribution is 2.35. The summed E-state index contributed by atoms with van der Waals surface area (Å²) in [5, 5.41) is 9.98. The van der Waals surface area contributed by atoms with E-state index in [-0.39, 0.29) is 18.1 Å². The molecule has 1 amide bonds. The van der Waals surface area contributed by atoms with Gasteiger partial charge in [0.25, 0.3) is 0 Å². The minimum atomic E-state index is -1.68. The van der Waals surface area contributed by atoms with Crippen molar-refractivity contribution in [3.8, 4) is 11.5 Å². The maximum atomic E-state index is 11.0. The number of methoxy groups -OCH3 is 2. The molecule has 1 aromatic heterocycles. The highest BCUT2D eigenvalue weighted by atomic mass is 16.6. The molecule has 0 spiro atoms. The molecule has 1 rings (SSSR count). The van der Waals surface area contributed by atoms with Gasteiger partial charge in [0, 0.05) is 19.2 Å². The molecule has 22 heavy (non-hydrogen) atoms. The number of aliphatic hydroxyl groups is 1. The zero-order valence-electron chi connectivity index (χ0n) is 12.4. The number of amides is 1. The van der Waals surface area contributed by atoms with Gasteiger partial charge in [-0.15, -0.1) is 0 Å². The van der Waals surface area contributed by atoms with Crippen molar-refractivity contribution in [3.63, 3.8) is 0 Å². The number of aromatic nitrogens is 1. The fraction of sp³-hybridized carbons (Fsp3) is 0.462. The standard InChI is InChI=1S/C13H18N2O7/c1-7(16)21-6-8(12(17)22-13(14)18)10-11(20-3)9(19-2)4-5-15-10/h4-5,8,12,17H,6H2,1-3H3,(H2,14,18)/t8-,12?/m1/s1. The molecule has 1 unspecified atom stereocenters. The van der Waals surface area contributed by atoms with Gasteiger partial charge < -0.3 is 29.8 Å². The quantitative estimate of drug-likeness (QED) is 0.537. The van der Waals surface area contributed by atoms with E-state index in [1.807, 2.05) is 0 Å². The van der Waals surface area contributed by atoms with Gasteiger partial charge in [0.15, 0.2) is 11.5 Å². The van der Waals surface area contributed by atoms with E-state index in [4.69, 9.17) is 19.9 Å². The van der Waals surface area contributed by atoms with Crippen molar-refractivity contribution in [2.45, 2.75) is 19.1 Å². The van der Waals surface area contributed by atoms with Crippen LogP contribution in [-0.2, 0) is 14.3 Å². The van der Waals surface area contributed by atoms with Crippen LogP contribution >= 0.6 is 0 Å². The number of ether oxygens (including phenoxy) is 4. The van der Waals surface area contributed by atoms with Crippen molar-refractivity contribution in [1.29, 1.82) is 0 Å². The van der Waals surface area contributed by atoms with Crippen molar-refractivity contribution < 1.29 is 33.6 Å². The van der Waals surface area contributed by atoms with Crippen molar-refractivity contribution >= 4 is 12.1 Å². The van der Waals surface area contributed by atoms with Gasteiger partial charge in [-0.1, -0.05) is 0 Å². The van der Waals surface area contributed by atoms with E-state index in [2.05, 4.69) is 9.72 Å². The molecule has 0 aromatic carbocycles. The van der Waals surface area contributed by atoms with Gasteiger partial charge in [-0.3, -0.25) is 9.78 Å². The highest BCUT2D eigenvalue weighted by molar-refractivity contribution is 5.66. The molecule has 0 saturated carbocycles. The summed E-state index contributed by atoms with van der Waals surface area (Å²) in [5.74, 6) is -1.000. The zero-order chi connectivity index (χ0) is 16.7. The average molecular weight is 314 g/mol. The van der Waals surface area contributed by atoms with Crippen molar-refractivity contribution in [1.82, 2.24) is 4.98 Å². The van der Waals surface area contributed by atoms with Crippen LogP contribution in [0, 0.1) is 0 Å². The van der Waals surface area contributed by atoms with Crippen LogP contribution in [0.4, 0.5) is 4.79 Å². The Balaban J connectivity index is 3.19. The number of carbonyl (C=O) groups excluding carboxylic acids is 2. The largest absolute Gasteiger partial charge is 0.493 e. The number of esters is 1. The Bertz CT molecular complexity index is 535. The Morgan fingerprint density at radius 1 is 1.36 bits per heavy atom. The SMILES string of the molecule is COc1ccnc([C@@H](COC(C)=O)C(O)OC(N)=O)c1OC. The van der Waals surface area contributed by atoms with Gasteiger partial charge in [0.1, 0.15) is 12.5 Å². The first-order valence-electron chi connectivity index (χ1n) is 6.25. The third kappa shape index (κ3) is 4.48. The molecule has 9 nitrogen and oxygen atoms in total. The lowest BCUT2D eigenvalue weighted by molar-refractivity contribution is -0.145. The smallest absolute Gasteiger partial charge is 0.406 e. The van der Waals surface area contributed by atoms with E-state index < -0.39 is 24.3 Å². The molecular weight excluding hydrogens is 296 g/mol. The molecule has 0 radical (unpaired) electrons. The number of rotatable bonds is 7. The van der Waals surface area contributed by atoms with E-state index in [1.54, 1.807) is 6.07 Å². The van der Waals surface area contributed by atoms with E-state index in [9.17, 15) is 14.7 Å². The number of hydrogen-bond donors (Lipinski definition) is 2. The average Bonchev–Trinajstić information content (AvgIpc) is 2.45. The summed E-state index contributed by atoms with van der Waals surface area (Å²) in [6.45, 7) is 0.912. The molecule has 9 heteroatoms. The van der Waals surface area contributed by atoms with Crippen LogP contribution in [0.5, 0.6) is 11.5 Å². The lowest BCUT2D eigenvalue weighted by Gasteiger charge is -2.23. The Hall–Kier alpha value is -2.55. The number of nitrogens with two attached hydrogens (primary N) is 1. The molecular formula is C13H18N2O7. The predicted octanol–water partition coefficient (Wildman–Crippen LogP) is 0.159. The molecule has 1 heterocycles. The molecule has 0 aliphatic heterocycles. The number of nitrogens with zero attached hydrogens (tertiary/aromatic N) is 1. The van der Waals surface area contributed by atoms with Gasteiger partial charge >= 0.3 is 12.1 Å². The maximum absolute atomic E-state index is 11.0. The maximum Gasteiger partial charge on any atom is 0.406 e. The molecule has 0 aliphatic carbocycles. The van der Waals surface area contributed by atoms with Crippen LogP contribution in [0.25, 0.3) is 0 Å². The first-order valence-corrected chi connectivity index (χ1v) is 6.25. The predicted molar refractivity (Wildman–Crippen MR) is 73.4 cm³/mol. The molecule has 122 valence electrons. The molecule has 2 atom stereocenters. The van der Waals surface area contributed by atoms with Crippen LogP contribution in [0.15, 0.2) is 12.3 Å². The minimum absolute atomic E-state index is 0.192. The second-order valence-electron chi connectivity index (χ2n) is 4.17. The first kappa shape index (κ1) is 17.5. The summed E-state index contributed by atoms with van der Waals surface area (Å²) in [4.78, 5) is 25.9. The number of pyridine rings is 1. The van der Waals surface area contributed by atoms with Gasteiger partial charge in [-0.05, 0) is 0 Å². The summed E-state index contributed by atoms with van der Waals surface area (Å²) in [6, 6.07) is 1.55. The molecule has 0 aliphatic rings. The Kier molecular flexibility index (Phi) is 6.39. The Morgan fingerprint density at radius 3 is 2.55 bits per heavy atom. The van der Waals surface area contributed by atoms with Crippen molar-refractivity contribution in [3.05, 3.63) is 18.0 Å². The number of primary amides is 1. The monoisotopic (exact) mass is 314 g/mol. The lowest BCUT2D eigenvalue weighted by Crippen LogP contribution is -2.32. The van der Waals surface area contributed by atoms with Crippen LogP contribution in [-0.4, -0.2) is 49.3 Å². The fourth-order valence-electron chi connectivity index (χ4n) is 1.78. The van der Waals surface area contributed by atoms with E-state index in [0.717, 1.165) is 0 Å². The van der Waals surface area contributed by atoms with Crippen LogP contribution in [0.2, 0.25) is 0 Å². The van der Waals surface area contributed by atoms with Gasteiger partial charge in [-0.2, -0.15) is 0 Å². The summed E-state index contributed by atoms with van der Waals surface area (Å²) in [6.07, 6.45) is -1.44. The summed E-state index contributed by atoms with van der Waals surface area (Å²) >= 11 is 0. The second kappa shape index (κ2) is 8.03. The van der Waals surface area contributed by atoms with Crippen molar-refractivity contribution in [2.24, 2.45) is 5.73 Å². The molecule has 1 aromatic rings. The summed E-state index contributed by atoms with van der Waals surface area (Å²) < 4.78 is 19.7. The van der Waals surface area contributed by atoms with Gasteiger partial charge in [0.2, 0.25) is 6.29 Å². The zero-order valence-corrected chi connectivity index (χ0v) is 12.4. The lowest BCUT2D eigenvalue weighted by atomic mass is 10.0. The first-order chi connectivity index (χ1) is 10.4. The fourth-order valence-corrected chi connectivity index (χ4v) is 1.78. The van der Waals surface area contributed by atoms with Gasteiger partial charge in [0.05, 0.1) is 19.9 Å². The molecule has 0 bridgehead atoms.